The minimum absolute atomic E-state index is 0.209. The number of rotatable bonds is 3. The van der Waals surface area contributed by atoms with Crippen molar-refractivity contribution in [2.45, 2.75) is 12.8 Å². The first-order valence-corrected chi connectivity index (χ1v) is 6.97. The molecule has 2 aromatic rings. The lowest BCUT2D eigenvalue weighted by Crippen LogP contribution is -2.30. The molecule has 0 saturated carbocycles. The average Bonchev–Trinajstić information content (AvgIpc) is 2.85. The van der Waals surface area contributed by atoms with Gasteiger partial charge in [-0.1, -0.05) is 24.3 Å². The number of hydrogen-bond acceptors (Lipinski definition) is 1. The molecule has 2 amide bonds. The maximum atomic E-state index is 11.7. The Balaban J connectivity index is 1.95. The van der Waals surface area contributed by atoms with Gasteiger partial charge in [0.25, 0.3) is 0 Å². The zero-order valence-corrected chi connectivity index (χ0v) is 11.3. The van der Waals surface area contributed by atoms with Gasteiger partial charge in [0.05, 0.1) is 5.69 Å². The Morgan fingerprint density at radius 1 is 1.16 bits per heavy atom. The monoisotopic (exact) mass is 274 g/mol. The highest BCUT2D eigenvalue weighted by atomic mass is 35.5. The van der Waals surface area contributed by atoms with Gasteiger partial charge in [-0.15, -0.1) is 11.6 Å². The molecule has 98 valence electrons. The van der Waals surface area contributed by atoms with E-state index >= 15 is 0 Å². The maximum Gasteiger partial charge on any atom is 0.319 e. The quantitative estimate of drug-likeness (QED) is 0.829. The summed E-state index contributed by atoms with van der Waals surface area (Å²) in [4.78, 5) is 11.7. The highest BCUT2D eigenvalue weighted by molar-refractivity contribution is 6.18. The van der Waals surface area contributed by atoms with Crippen LogP contribution in [0.25, 0.3) is 10.8 Å². The largest absolute Gasteiger partial charge is 0.337 e. The SMILES string of the molecule is O=C(NCCCl)Nc1ccc2c3c(cccc13)CC2. The van der Waals surface area contributed by atoms with Gasteiger partial charge in [0, 0.05) is 17.8 Å². The van der Waals surface area contributed by atoms with Crippen LogP contribution in [0, 0.1) is 0 Å². The lowest BCUT2D eigenvalue weighted by molar-refractivity contribution is 0.252. The number of aryl methyl sites for hydroxylation is 2. The molecule has 0 spiro atoms. The van der Waals surface area contributed by atoms with Crippen LogP contribution in [0.15, 0.2) is 30.3 Å². The highest BCUT2D eigenvalue weighted by Gasteiger charge is 2.16. The van der Waals surface area contributed by atoms with Crippen LogP contribution >= 0.6 is 11.6 Å². The summed E-state index contributed by atoms with van der Waals surface area (Å²) in [6.45, 7) is 0.467. The minimum Gasteiger partial charge on any atom is -0.337 e. The summed E-state index contributed by atoms with van der Waals surface area (Å²) in [7, 11) is 0. The van der Waals surface area contributed by atoms with E-state index in [1.54, 1.807) is 0 Å². The molecular formula is C15H15ClN2O. The summed E-state index contributed by atoms with van der Waals surface area (Å²) in [5.41, 5.74) is 3.60. The number of amides is 2. The van der Waals surface area contributed by atoms with Crippen LogP contribution in [0.1, 0.15) is 11.1 Å². The van der Waals surface area contributed by atoms with Crippen LogP contribution in [0.2, 0.25) is 0 Å². The second-order valence-corrected chi connectivity index (χ2v) is 5.06. The molecule has 2 N–H and O–H groups in total. The third-order valence-electron chi connectivity index (χ3n) is 3.51. The van der Waals surface area contributed by atoms with Gasteiger partial charge in [-0.25, -0.2) is 4.79 Å². The molecule has 0 saturated heterocycles. The number of anilines is 1. The minimum atomic E-state index is -0.209. The maximum absolute atomic E-state index is 11.7. The van der Waals surface area contributed by atoms with E-state index in [0.717, 1.165) is 23.9 Å². The van der Waals surface area contributed by atoms with E-state index in [1.165, 1.54) is 16.5 Å². The fourth-order valence-corrected chi connectivity index (χ4v) is 2.78. The predicted molar refractivity (Wildman–Crippen MR) is 79.1 cm³/mol. The van der Waals surface area contributed by atoms with Crippen molar-refractivity contribution >= 4 is 34.1 Å². The lowest BCUT2D eigenvalue weighted by atomic mass is 10.0. The number of hydrogen-bond donors (Lipinski definition) is 2. The van der Waals surface area contributed by atoms with Crippen molar-refractivity contribution in [3.8, 4) is 0 Å². The Morgan fingerprint density at radius 2 is 1.95 bits per heavy atom. The number of carbonyl (C=O) groups excluding carboxylic acids is 1. The molecular weight excluding hydrogens is 260 g/mol. The van der Waals surface area contributed by atoms with Crippen molar-refractivity contribution in [1.82, 2.24) is 5.32 Å². The lowest BCUT2D eigenvalue weighted by Gasteiger charge is -2.11. The fourth-order valence-electron chi connectivity index (χ4n) is 2.68. The van der Waals surface area contributed by atoms with Crippen molar-refractivity contribution in [2.75, 3.05) is 17.7 Å². The summed E-state index contributed by atoms with van der Waals surface area (Å²) in [5, 5.41) is 8.02. The second kappa shape index (κ2) is 5.10. The summed E-state index contributed by atoms with van der Waals surface area (Å²) in [6, 6.07) is 10.2. The number of benzene rings is 2. The fraction of sp³-hybridized carbons (Fsp3) is 0.267. The van der Waals surface area contributed by atoms with Gasteiger partial charge in [-0.05, 0) is 35.4 Å². The smallest absolute Gasteiger partial charge is 0.319 e. The normalized spacial score (nSPS) is 12.7. The predicted octanol–water partition coefficient (Wildman–Crippen LogP) is 3.30. The van der Waals surface area contributed by atoms with E-state index in [1.807, 2.05) is 6.07 Å². The molecule has 0 bridgehead atoms. The summed E-state index contributed by atoms with van der Waals surface area (Å²) in [6.07, 6.45) is 2.18. The van der Waals surface area contributed by atoms with Gasteiger partial charge < -0.3 is 10.6 Å². The molecule has 0 fully saturated rings. The van der Waals surface area contributed by atoms with E-state index in [4.69, 9.17) is 11.6 Å². The van der Waals surface area contributed by atoms with Gasteiger partial charge in [0.2, 0.25) is 0 Å². The molecule has 3 rings (SSSR count). The molecule has 0 unspecified atom stereocenters. The van der Waals surface area contributed by atoms with Crippen molar-refractivity contribution < 1.29 is 4.79 Å². The van der Waals surface area contributed by atoms with Gasteiger partial charge in [0.1, 0.15) is 0 Å². The van der Waals surface area contributed by atoms with Crippen LogP contribution in [0.4, 0.5) is 10.5 Å². The Morgan fingerprint density at radius 3 is 2.74 bits per heavy atom. The van der Waals surface area contributed by atoms with Gasteiger partial charge in [-0.3, -0.25) is 0 Å². The van der Waals surface area contributed by atoms with Crippen LogP contribution in [0.5, 0.6) is 0 Å². The van der Waals surface area contributed by atoms with Crippen LogP contribution in [-0.2, 0) is 12.8 Å². The summed E-state index contributed by atoms with van der Waals surface area (Å²) < 4.78 is 0. The average molecular weight is 275 g/mol. The van der Waals surface area contributed by atoms with Gasteiger partial charge in [-0.2, -0.15) is 0 Å². The Hall–Kier alpha value is -1.74. The van der Waals surface area contributed by atoms with E-state index < -0.39 is 0 Å². The molecule has 19 heavy (non-hydrogen) atoms. The van der Waals surface area contributed by atoms with Crippen molar-refractivity contribution in [3.63, 3.8) is 0 Å². The molecule has 0 radical (unpaired) electrons. The number of urea groups is 1. The summed E-state index contributed by atoms with van der Waals surface area (Å²) in [5.74, 6) is 0.414. The van der Waals surface area contributed by atoms with Gasteiger partial charge >= 0.3 is 6.03 Å². The topological polar surface area (TPSA) is 41.1 Å². The Bertz CT molecular complexity index is 629. The van der Waals surface area contributed by atoms with Crippen LogP contribution in [-0.4, -0.2) is 18.5 Å². The van der Waals surface area contributed by atoms with Crippen molar-refractivity contribution in [1.29, 1.82) is 0 Å². The molecule has 2 aromatic carbocycles. The third-order valence-corrected chi connectivity index (χ3v) is 3.69. The van der Waals surface area contributed by atoms with Crippen molar-refractivity contribution in [2.24, 2.45) is 0 Å². The number of halogens is 1. The van der Waals surface area contributed by atoms with E-state index in [9.17, 15) is 4.79 Å². The molecule has 0 atom stereocenters. The number of carbonyl (C=O) groups is 1. The molecule has 1 aliphatic carbocycles. The first-order valence-electron chi connectivity index (χ1n) is 6.44. The molecule has 4 heteroatoms. The van der Waals surface area contributed by atoms with Crippen molar-refractivity contribution in [3.05, 3.63) is 41.5 Å². The third kappa shape index (κ3) is 2.26. The zero-order valence-electron chi connectivity index (χ0n) is 10.5. The van der Waals surface area contributed by atoms with E-state index in [-0.39, 0.29) is 6.03 Å². The van der Waals surface area contributed by atoms with Crippen LogP contribution in [0.3, 0.4) is 0 Å². The molecule has 0 heterocycles. The molecule has 0 aliphatic heterocycles. The summed E-state index contributed by atoms with van der Waals surface area (Å²) >= 11 is 5.55. The molecule has 0 aromatic heterocycles. The van der Waals surface area contributed by atoms with E-state index in [0.29, 0.717) is 12.4 Å². The Kier molecular flexibility index (Phi) is 3.30. The first-order chi connectivity index (χ1) is 9.29. The first kappa shape index (κ1) is 12.3. The van der Waals surface area contributed by atoms with Gasteiger partial charge in [0.15, 0.2) is 0 Å². The standard InChI is InChI=1S/C15H15ClN2O/c16-8-9-17-15(19)18-13-7-6-11-5-4-10-2-1-3-12(13)14(10)11/h1-3,6-7H,4-5,8-9H2,(H2,17,18,19). The zero-order chi connectivity index (χ0) is 13.2. The highest BCUT2D eigenvalue weighted by Crippen LogP contribution is 2.34. The van der Waals surface area contributed by atoms with Crippen LogP contribution < -0.4 is 10.6 Å². The molecule has 3 nitrogen and oxygen atoms in total. The number of nitrogens with one attached hydrogen (secondary N) is 2. The van der Waals surface area contributed by atoms with E-state index in [2.05, 4.69) is 34.9 Å². The second-order valence-electron chi connectivity index (χ2n) is 4.68. The Labute approximate surface area is 116 Å². The molecule has 1 aliphatic rings. The number of alkyl halides is 1.